The summed E-state index contributed by atoms with van der Waals surface area (Å²) in [7, 11) is 0. The Labute approximate surface area is 106 Å². The van der Waals surface area contributed by atoms with E-state index in [0.29, 0.717) is 0 Å². The lowest BCUT2D eigenvalue weighted by Gasteiger charge is -2.22. The number of rotatable bonds is 7. The molecule has 3 heteroatoms. The second-order valence-corrected chi connectivity index (χ2v) is 5.24. The van der Waals surface area contributed by atoms with Crippen LogP contribution in [0.1, 0.15) is 58.3 Å². The highest BCUT2D eigenvalue weighted by Gasteiger charge is 2.10. The lowest BCUT2D eigenvalue weighted by Crippen LogP contribution is -2.40. The summed E-state index contributed by atoms with van der Waals surface area (Å²) in [6.07, 6.45) is 10.7. The van der Waals surface area contributed by atoms with Crippen LogP contribution in [0.3, 0.4) is 0 Å². The molecular formula is C14H30N2O. The van der Waals surface area contributed by atoms with Gasteiger partial charge >= 0.3 is 0 Å². The van der Waals surface area contributed by atoms with Gasteiger partial charge in [0.2, 0.25) is 0 Å². The van der Waals surface area contributed by atoms with E-state index in [4.69, 9.17) is 5.11 Å². The number of hydrogen-bond donors (Lipinski definition) is 3. The fourth-order valence-corrected chi connectivity index (χ4v) is 2.55. The highest BCUT2D eigenvalue weighted by Crippen LogP contribution is 2.16. The largest absolute Gasteiger partial charge is 0.395 e. The zero-order valence-electron chi connectivity index (χ0n) is 11.4. The molecule has 1 fully saturated rings. The molecule has 0 unspecified atom stereocenters. The van der Waals surface area contributed by atoms with E-state index in [1.165, 1.54) is 44.9 Å². The predicted molar refractivity (Wildman–Crippen MR) is 73.3 cm³/mol. The van der Waals surface area contributed by atoms with Gasteiger partial charge in [0.1, 0.15) is 0 Å². The molecule has 1 saturated carbocycles. The zero-order valence-corrected chi connectivity index (χ0v) is 11.4. The van der Waals surface area contributed by atoms with Crippen LogP contribution in [-0.4, -0.2) is 36.9 Å². The van der Waals surface area contributed by atoms with Gasteiger partial charge in [-0.05, 0) is 19.3 Å². The molecule has 0 aromatic rings. The van der Waals surface area contributed by atoms with Crippen LogP contribution in [0, 0.1) is 0 Å². The van der Waals surface area contributed by atoms with Crippen molar-refractivity contribution in [3.05, 3.63) is 0 Å². The van der Waals surface area contributed by atoms with Crippen molar-refractivity contribution in [2.75, 3.05) is 19.7 Å². The van der Waals surface area contributed by atoms with Gasteiger partial charge in [0.15, 0.2) is 0 Å². The Balaban J connectivity index is 2.03. The molecule has 0 aromatic heterocycles. The number of aliphatic hydroxyl groups excluding tert-OH is 1. The molecule has 102 valence electrons. The molecule has 0 amide bonds. The molecule has 0 heterocycles. The minimum Gasteiger partial charge on any atom is -0.395 e. The van der Waals surface area contributed by atoms with E-state index in [0.717, 1.165) is 25.6 Å². The van der Waals surface area contributed by atoms with Gasteiger partial charge in [0.05, 0.1) is 6.61 Å². The molecule has 17 heavy (non-hydrogen) atoms. The first-order chi connectivity index (χ1) is 8.36. The lowest BCUT2D eigenvalue weighted by molar-refractivity contribution is 0.238. The molecule has 1 aliphatic rings. The van der Waals surface area contributed by atoms with Crippen LogP contribution >= 0.6 is 0 Å². The van der Waals surface area contributed by atoms with Crippen molar-refractivity contribution < 1.29 is 5.11 Å². The van der Waals surface area contributed by atoms with Crippen LogP contribution < -0.4 is 10.6 Å². The first kappa shape index (κ1) is 14.9. The smallest absolute Gasteiger partial charge is 0.0584 e. The van der Waals surface area contributed by atoms with Crippen LogP contribution in [-0.2, 0) is 0 Å². The summed E-state index contributed by atoms with van der Waals surface area (Å²) in [6, 6.07) is 1.00. The second kappa shape index (κ2) is 9.86. The monoisotopic (exact) mass is 242 g/mol. The molecule has 0 bridgehead atoms. The van der Waals surface area contributed by atoms with E-state index in [2.05, 4.69) is 17.6 Å². The van der Waals surface area contributed by atoms with Gasteiger partial charge in [-0.15, -0.1) is 0 Å². The van der Waals surface area contributed by atoms with E-state index in [1.807, 2.05) is 0 Å². The van der Waals surface area contributed by atoms with Crippen LogP contribution in [0.25, 0.3) is 0 Å². The normalized spacial score (nSPS) is 20.8. The van der Waals surface area contributed by atoms with E-state index in [1.54, 1.807) is 0 Å². The summed E-state index contributed by atoms with van der Waals surface area (Å²) < 4.78 is 0. The number of hydrogen-bond acceptors (Lipinski definition) is 3. The van der Waals surface area contributed by atoms with Crippen molar-refractivity contribution in [1.82, 2.24) is 10.6 Å². The molecule has 3 N–H and O–H groups in total. The van der Waals surface area contributed by atoms with Gasteiger partial charge in [-0.3, -0.25) is 0 Å². The Morgan fingerprint density at radius 1 is 1.06 bits per heavy atom. The minimum absolute atomic E-state index is 0.250. The first-order valence-corrected chi connectivity index (χ1v) is 7.44. The van der Waals surface area contributed by atoms with Crippen LogP contribution in [0.5, 0.6) is 0 Å². The van der Waals surface area contributed by atoms with Gasteiger partial charge in [0.25, 0.3) is 0 Å². The standard InChI is InChI=1S/C14H30N2O/c1-2-13(12-17)15-10-11-16-14-8-6-4-3-5-7-9-14/h13-17H,2-12H2,1H3/t13-/m0/s1. The van der Waals surface area contributed by atoms with Crippen LogP contribution in [0.2, 0.25) is 0 Å². The fraction of sp³-hybridized carbons (Fsp3) is 1.00. The topological polar surface area (TPSA) is 44.3 Å². The summed E-state index contributed by atoms with van der Waals surface area (Å²) in [5.41, 5.74) is 0. The lowest BCUT2D eigenvalue weighted by atomic mass is 9.97. The SMILES string of the molecule is CC[C@@H](CO)NCCNC1CCCCCCC1. The molecule has 0 aliphatic heterocycles. The van der Waals surface area contributed by atoms with Gasteiger partial charge in [-0.25, -0.2) is 0 Å². The zero-order chi connectivity index (χ0) is 12.3. The highest BCUT2D eigenvalue weighted by molar-refractivity contribution is 4.71. The van der Waals surface area contributed by atoms with Crippen molar-refractivity contribution in [3.63, 3.8) is 0 Å². The Bertz CT molecular complexity index is 164. The highest BCUT2D eigenvalue weighted by atomic mass is 16.3. The third kappa shape index (κ3) is 7.02. The Hall–Kier alpha value is -0.120. The average Bonchev–Trinajstić information content (AvgIpc) is 2.31. The quantitative estimate of drug-likeness (QED) is 0.599. The summed E-state index contributed by atoms with van der Waals surface area (Å²) in [5.74, 6) is 0. The maximum Gasteiger partial charge on any atom is 0.0584 e. The predicted octanol–water partition coefficient (Wildman–Crippen LogP) is 2.05. The summed E-state index contributed by atoms with van der Waals surface area (Å²) in [6.45, 7) is 4.35. The van der Waals surface area contributed by atoms with Crippen molar-refractivity contribution in [2.45, 2.75) is 70.4 Å². The number of aliphatic hydroxyl groups is 1. The third-order valence-corrected chi connectivity index (χ3v) is 3.81. The third-order valence-electron chi connectivity index (χ3n) is 3.81. The van der Waals surface area contributed by atoms with Crippen LogP contribution in [0.15, 0.2) is 0 Å². The van der Waals surface area contributed by atoms with Gasteiger partial charge in [0, 0.05) is 25.2 Å². The minimum atomic E-state index is 0.250. The fourth-order valence-electron chi connectivity index (χ4n) is 2.55. The Morgan fingerprint density at radius 3 is 2.29 bits per heavy atom. The molecule has 1 atom stereocenters. The van der Waals surface area contributed by atoms with Crippen molar-refractivity contribution in [3.8, 4) is 0 Å². The molecule has 3 nitrogen and oxygen atoms in total. The van der Waals surface area contributed by atoms with Crippen molar-refractivity contribution in [2.24, 2.45) is 0 Å². The van der Waals surface area contributed by atoms with Gasteiger partial charge in [-0.2, -0.15) is 0 Å². The van der Waals surface area contributed by atoms with E-state index < -0.39 is 0 Å². The van der Waals surface area contributed by atoms with E-state index in [-0.39, 0.29) is 12.6 Å². The second-order valence-electron chi connectivity index (χ2n) is 5.24. The molecule has 1 rings (SSSR count). The van der Waals surface area contributed by atoms with Crippen LogP contribution in [0.4, 0.5) is 0 Å². The van der Waals surface area contributed by atoms with Gasteiger partial charge in [-0.1, -0.05) is 39.0 Å². The molecule has 0 spiro atoms. The average molecular weight is 242 g/mol. The molecule has 0 radical (unpaired) electrons. The summed E-state index contributed by atoms with van der Waals surface area (Å²) in [4.78, 5) is 0. The first-order valence-electron chi connectivity index (χ1n) is 7.44. The molecule has 1 aliphatic carbocycles. The molecule has 0 saturated heterocycles. The Kier molecular flexibility index (Phi) is 8.67. The van der Waals surface area contributed by atoms with E-state index in [9.17, 15) is 0 Å². The molecular weight excluding hydrogens is 212 g/mol. The van der Waals surface area contributed by atoms with E-state index >= 15 is 0 Å². The molecule has 0 aromatic carbocycles. The number of nitrogens with one attached hydrogen (secondary N) is 2. The summed E-state index contributed by atoms with van der Waals surface area (Å²) >= 11 is 0. The maximum atomic E-state index is 9.06. The van der Waals surface area contributed by atoms with Crippen molar-refractivity contribution >= 4 is 0 Å². The summed E-state index contributed by atoms with van der Waals surface area (Å²) in [5, 5.41) is 16.1. The maximum absolute atomic E-state index is 9.06. The van der Waals surface area contributed by atoms with Gasteiger partial charge < -0.3 is 15.7 Å². The van der Waals surface area contributed by atoms with Crippen molar-refractivity contribution in [1.29, 1.82) is 0 Å². The Morgan fingerprint density at radius 2 is 1.71 bits per heavy atom.